The van der Waals surface area contributed by atoms with Crippen LogP contribution in [0.5, 0.6) is 0 Å². The van der Waals surface area contributed by atoms with Gasteiger partial charge in [-0.25, -0.2) is 0 Å². The molecule has 14 heavy (non-hydrogen) atoms. The smallest absolute Gasteiger partial charge is 0.108 e. The van der Waals surface area contributed by atoms with Crippen molar-refractivity contribution < 1.29 is 14.9 Å². The normalized spacial score (nSPS) is 45.6. The zero-order valence-corrected chi connectivity index (χ0v) is 9.31. The Morgan fingerprint density at radius 3 is 2.43 bits per heavy atom. The molecule has 82 valence electrons. The monoisotopic (exact) mass is 200 g/mol. The van der Waals surface area contributed by atoms with Gasteiger partial charge in [-0.3, -0.25) is 0 Å². The molecule has 5 atom stereocenters. The summed E-state index contributed by atoms with van der Waals surface area (Å²) >= 11 is 0. The summed E-state index contributed by atoms with van der Waals surface area (Å²) in [5, 5.41) is 19.3. The summed E-state index contributed by atoms with van der Waals surface area (Å²) < 4.78 is 5.80. The first-order valence-corrected chi connectivity index (χ1v) is 5.56. The second kappa shape index (κ2) is 5.15. The average Bonchev–Trinajstić information content (AvgIpc) is 2.12. The Balaban J connectivity index is 2.62. The molecule has 0 saturated carbocycles. The zero-order chi connectivity index (χ0) is 10.7. The fourth-order valence-corrected chi connectivity index (χ4v) is 2.17. The number of rotatable bonds is 1. The standard InChI is InChI=1S/C10H21BO3/c1-3-10-7(11)5-9(13)8(12)4-6(2)14-10/h6-10,12-13H,3-5,11H2,1-2H3/t6-,7+,8+,9-,10-/m1/s1. The molecule has 3 nitrogen and oxygen atoms in total. The molecule has 1 fully saturated rings. The van der Waals surface area contributed by atoms with Gasteiger partial charge in [-0.2, -0.15) is 0 Å². The highest BCUT2D eigenvalue weighted by Gasteiger charge is 2.29. The summed E-state index contributed by atoms with van der Waals surface area (Å²) in [7, 11) is 2.07. The number of hydrogen-bond donors (Lipinski definition) is 2. The maximum Gasteiger partial charge on any atom is 0.108 e. The largest absolute Gasteiger partial charge is 0.390 e. The van der Waals surface area contributed by atoms with Gasteiger partial charge in [0.2, 0.25) is 0 Å². The van der Waals surface area contributed by atoms with E-state index in [4.69, 9.17) is 4.74 Å². The topological polar surface area (TPSA) is 49.7 Å². The molecule has 0 aromatic rings. The summed E-state index contributed by atoms with van der Waals surface area (Å²) in [5.41, 5.74) is 0. The van der Waals surface area contributed by atoms with E-state index in [0.29, 0.717) is 18.7 Å². The second-order valence-electron chi connectivity index (χ2n) is 4.48. The van der Waals surface area contributed by atoms with Gasteiger partial charge < -0.3 is 14.9 Å². The first-order chi connectivity index (χ1) is 6.54. The van der Waals surface area contributed by atoms with Gasteiger partial charge in [0, 0.05) is 6.42 Å². The Morgan fingerprint density at radius 1 is 1.29 bits per heavy atom. The van der Waals surface area contributed by atoms with Crippen molar-refractivity contribution >= 4 is 7.85 Å². The van der Waals surface area contributed by atoms with Crippen LogP contribution in [0, 0.1) is 0 Å². The first-order valence-electron chi connectivity index (χ1n) is 5.56. The lowest BCUT2D eigenvalue weighted by Crippen LogP contribution is -2.38. The van der Waals surface area contributed by atoms with E-state index in [0.717, 1.165) is 6.42 Å². The molecule has 1 aliphatic heterocycles. The minimum absolute atomic E-state index is 0.0346. The van der Waals surface area contributed by atoms with Gasteiger partial charge in [-0.15, -0.1) is 0 Å². The molecule has 0 amide bonds. The lowest BCUT2D eigenvalue weighted by molar-refractivity contribution is -0.0842. The third kappa shape index (κ3) is 2.97. The molecule has 4 heteroatoms. The summed E-state index contributed by atoms with van der Waals surface area (Å²) in [4.78, 5) is 0. The predicted octanol–water partition coefficient (Wildman–Crippen LogP) is 0.107. The molecule has 1 rings (SSSR count). The molecule has 2 N–H and O–H groups in total. The van der Waals surface area contributed by atoms with Crippen molar-refractivity contribution in [3.05, 3.63) is 0 Å². The number of aliphatic hydroxyl groups is 2. The molecule has 1 heterocycles. The fraction of sp³-hybridized carbons (Fsp3) is 1.00. The average molecular weight is 200 g/mol. The van der Waals surface area contributed by atoms with Crippen molar-refractivity contribution in [2.75, 3.05) is 0 Å². The van der Waals surface area contributed by atoms with Gasteiger partial charge in [-0.1, -0.05) is 6.92 Å². The van der Waals surface area contributed by atoms with Crippen molar-refractivity contribution in [1.82, 2.24) is 0 Å². The van der Waals surface area contributed by atoms with Crippen LogP contribution in [0.15, 0.2) is 0 Å². The Hall–Kier alpha value is -0.0551. The van der Waals surface area contributed by atoms with Crippen LogP contribution in [0.2, 0.25) is 5.82 Å². The molecule has 0 spiro atoms. The fourth-order valence-electron chi connectivity index (χ4n) is 2.17. The highest BCUT2D eigenvalue weighted by Crippen LogP contribution is 2.27. The zero-order valence-electron chi connectivity index (χ0n) is 9.31. The first kappa shape index (κ1) is 12.0. The molecular weight excluding hydrogens is 179 g/mol. The van der Waals surface area contributed by atoms with Crippen molar-refractivity contribution in [2.45, 2.75) is 63.3 Å². The van der Waals surface area contributed by atoms with Crippen molar-refractivity contribution in [3.63, 3.8) is 0 Å². The van der Waals surface area contributed by atoms with Crippen LogP contribution in [0.3, 0.4) is 0 Å². The maximum absolute atomic E-state index is 9.68. The van der Waals surface area contributed by atoms with Gasteiger partial charge >= 0.3 is 0 Å². The van der Waals surface area contributed by atoms with Crippen LogP contribution in [0.25, 0.3) is 0 Å². The Kier molecular flexibility index (Phi) is 4.42. The van der Waals surface area contributed by atoms with Crippen LogP contribution in [0.4, 0.5) is 0 Å². The van der Waals surface area contributed by atoms with Crippen molar-refractivity contribution in [1.29, 1.82) is 0 Å². The highest BCUT2D eigenvalue weighted by atomic mass is 16.5. The van der Waals surface area contributed by atoms with E-state index in [1.807, 2.05) is 6.92 Å². The summed E-state index contributed by atoms with van der Waals surface area (Å²) in [6.07, 6.45) is 1.15. The molecule has 0 radical (unpaired) electrons. The lowest BCUT2D eigenvalue weighted by Gasteiger charge is -2.34. The summed E-state index contributed by atoms with van der Waals surface area (Å²) in [5.74, 6) is 0.312. The minimum atomic E-state index is -0.634. The van der Waals surface area contributed by atoms with Crippen LogP contribution in [-0.2, 0) is 4.74 Å². The van der Waals surface area contributed by atoms with Crippen LogP contribution >= 0.6 is 0 Å². The molecule has 1 saturated heterocycles. The molecule has 0 aromatic carbocycles. The molecule has 0 aromatic heterocycles. The third-order valence-corrected chi connectivity index (χ3v) is 3.07. The van der Waals surface area contributed by atoms with Crippen LogP contribution in [0.1, 0.15) is 33.1 Å². The van der Waals surface area contributed by atoms with E-state index in [1.165, 1.54) is 0 Å². The van der Waals surface area contributed by atoms with Gasteiger partial charge in [0.05, 0.1) is 24.4 Å². The molecule has 0 unspecified atom stereocenters. The SMILES string of the molecule is B[C@H]1C[C@@H](O)[C@@H](O)C[C@@H](C)O[C@@H]1CC. The van der Waals surface area contributed by atoms with E-state index in [-0.39, 0.29) is 12.2 Å². The van der Waals surface area contributed by atoms with E-state index >= 15 is 0 Å². The van der Waals surface area contributed by atoms with Gasteiger partial charge in [0.15, 0.2) is 0 Å². The van der Waals surface area contributed by atoms with E-state index in [2.05, 4.69) is 14.8 Å². The quantitative estimate of drug-likeness (QED) is 0.590. The van der Waals surface area contributed by atoms with Crippen LogP contribution in [-0.4, -0.2) is 42.5 Å². The Morgan fingerprint density at radius 2 is 1.86 bits per heavy atom. The van der Waals surface area contributed by atoms with Crippen molar-refractivity contribution in [2.24, 2.45) is 0 Å². The van der Waals surface area contributed by atoms with E-state index < -0.39 is 12.2 Å². The van der Waals surface area contributed by atoms with Gasteiger partial charge in [0.25, 0.3) is 0 Å². The predicted molar refractivity (Wildman–Crippen MR) is 58.2 cm³/mol. The number of ether oxygens (including phenoxy) is 1. The molecule has 1 aliphatic rings. The van der Waals surface area contributed by atoms with E-state index in [9.17, 15) is 10.2 Å². The van der Waals surface area contributed by atoms with Crippen molar-refractivity contribution in [3.8, 4) is 0 Å². The maximum atomic E-state index is 9.68. The number of aliphatic hydroxyl groups excluding tert-OH is 2. The Bertz CT molecular complexity index is 177. The molecule has 0 aliphatic carbocycles. The second-order valence-corrected chi connectivity index (χ2v) is 4.48. The summed E-state index contributed by atoms with van der Waals surface area (Å²) in [6, 6.07) is 0. The minimum Gasteiger partial charge on any atom is -0.390 e. The number of hydrogen-bond acceptors (Lipinski definition) is 3. The van der Waals surface area contributed by atoms with Gasteiger partial charge in [0.1, 0.15) is 7.85 Å². The third-order valence-electron chi connectivity index (χ3n) is 3.07. The lowest BCUT2D eigenvalue weighted by atomic mass is 9.75. The van der Waals surface area contributed by atoms with E-state index in [1.54, 1.807) is 0 Å². The Labute approximate surface area is 86.9 Å². The van der Waals surface area contributed by atoms with Gasteiger partial charge in [-0.05, 0) is 25.6 Å². The highest BCUT2D eigenvalue weighted by molar-refractivity contribution is 6.12. The molecular formula is C10H21BO3. The molecule has 0 bridgehead atoms. The summed E-state index contributed by atoms with van der Waals surface area (Å²) in [6.45, 7) is 4.05. The van der Waals surface area contributed by atoms with Crippen LogP contribution < -0.4 is 0 Å².